The largest absolute Gasteiger partial charge is 0.453 e. The van der Waals surface area contributed by atoms with Crippen LogP contribution in [0, 0.1) is 5.41 Å². The number of fused-ring (bicyclic) bond motifs is 1. The summed E-state index contributed by atoms with van der Waals surface area (Å²) in [6.45, 7) is 2.22. The zero-order valence-corrected chi connectivity index (χ0v) is 25.5. The summed E-state index contributed by atoms with van der Waals surface area (Å²) in [6.07, 6.45) is -5.46. The number of rotatable bonds is 8. The van der Waals surface area contributed by atoms with Gasteiger partial charge in [0.05, 0.1) is 11.1 Å². The van der Waals surface area contributed by atoms with Crippen LogP contribution >= 0.6 is 0 Å². The molecule has 19 heteroatoms. The van der Waals surface area contributed by atoms with Crippen LogP contribution in [0.2, 0.25) is 0 Å². The molecule has 0 spiro atoms. The monoisotopic (exact) mass is 656 g/mol. The highest BCUT2D eigenvalue weighted by atomic mass is 19.4. The Morgan fingerprint density at radius 3 is 2.22 bits per heavy atom. The van der Waals surface area contributed by atoms with Crippen molar-refractivity contribution in [2.24, 2.45) is 12.5 Å². The first-order valence-corrected chi connectivity index (χ1v) is 14.7. The summed E-state index contributed by atoms with van der Waals surface area (Å²) in [5, 5.41) is 9.48. The summed E-state index contributed by atoms with van der Waals surface area (Å²) in [5.74, 6) is -5.69. The van der Waals surface area contributed by atoms with E-state index in [2.05, 4.69) is 20.5 Å². The first kappa shape index (κ1) is 31.5. The number of nitrogens with one attached hydrogen (secondary N) is 2. The van der Waals surface area contributed by atoms with Gasteiger partial charge in [0.25, 0.3) is 17.0 Å². The van der Waals surface area contributed by atoms with E-state index in [9.17, 15) is 41.1 Å². The molecule has 14 nitrogen and oxygen atoms in total. The molecule has 0 unspecified atom stereocenters. The number of carbonyl (C=O) groups excluding carboxylic acids is 2. The first-order chi connectivity index (χ1) is 21.4. The van der Waals surface area contributed by atoms with Crippen LogP contribution in [-0.2, 0) is 24.8 Å². The molecule has 2 N–H and O–H groups in total. The van der Waals surface area contributed by atoms with Gasteiger partial charge in [-0.15, -0.1) is 5.10 Å². The number of hydrogen-bond acceptors (Lipinski definition) is 8. The second-order valence-electron chi connectivity index (χ2n) is 12.6. The third-order valence-corrected chi connectivity index (χ3v) is 9.27. The average molecular weight is 657 g/mol. The van der Waals surface area contributed by atoms with Crippen LogP contribution in [0.15, 0.2) is 15.8 Å². The number of H-pyrrole nitrogens is 1. The summed E-state index contributed by atoms with van der Waals surface area (Å²) in [5.41, 5.74) is -3.72. The third-order valence-electron chi connectivity index (χ3n) is 9.27. The van der Waals surface area contributed by atoms with Crippen molar-refractivity contribution in [2.75, 3.05) is 50.1 Å². The Morgan fingerprint density at radius 2 is 1.70 bits per heavy atom. The second kappa shape index (κ2) is 10.3. The number of alkyl halides is 5. The van der Waals surface area contributed by atoms with E-state index >= 15 is 0 Å². The summed E-state index contributed by atoms with van der Waals surface area (Å²) >= 11 is 0. The fraction of sp³-hybridized carbons (Fsp3) is 0.630. The van der Waals surface area contributed by atoms with Crippen molar-refractivity contribution in [3.63, 3.8) is 0 Å². The van der Waals surface area contributed by atoms with E-state index < -0.39 is 71.8 Å². The number of piperazine rings is 1. The van der Waals surface area contributed by atoms with E-state index in [1.54, 1.807) is 37.9 Å². The van der Waals surface area contributed by atoms with Crippen LogP contribution in [0.3, 0.4) is 0 Å². The molecule has 3 aromatic rings. The Bertz CT molecular complexity index is 1830. The lowest BCUT2D eigenvalue weighted by atomic mass is 9.37. The van der Waals surface area contributed by atoms with Crippen LogP contribution in [0.5, 0.6) is 0 Å². The number of carbonyl (C=O) groups is 2. The molecule has 0 atom stereocenters. The third kappa shape index (κ3) is 4.64. The Labute approximate surface area is 257 Å². The lowest BCUT2D eigenvalue weighted by molar-refractivity contribution is -0.387. The van der Waals surface area contributed by atoms with E-state index in [0.717, 1.165) is 4.52 Å². The number of aromatic nitrogens is 6. The summed E-state index contributed by atoms with van der Waals surface area (Å²) in [7, 11) is 4.93. The molecular weight excluding hydrogens is 623 g/mol. The molecule has 1 saturated heterocycles. The predicted molar refractivity (Wildman–Crippen MR) is 153 cm³/mol. The van der Waals surface area contributed by atoms with Crippen LogP contribution in [-0.4, -0.2) is 104 Å². The van der Waals surface area contributed by atoms with E-state index in [1.165, 1.54) is 20.3 Å². The van der Waals surface area contributed by atoms with E-state index in [-0.39, 0.29) is 55.6 Å². The molecule has 1 aliphatic heterocycles. The Morgan fingerprint density at radius 1 is 1.07 bits per heavy atom. The minimum atomic E-state index is -5.67. The van der Waals surface area contributed by atoms with Crippen molar-refractivity contribution < 1.29 is 31.5 Å². The molecule has 4 fully saturated rings. The molecular formula is C27H33F5N10O4. The van der Waals surface area contributed by atoms with Gasteiger partial charge < -0.3 is 24.6 Å². The standard InChI is InChI=1S/C27H33F5N10O4/c1-5-16-18(39-6-8-40(9-7-39)20(45)15-10-38(4)35-19(15)44)21(46)42-23(33-22(36-42)37(2)3)41(16)11-17(43)34-25-12-24(13-25,14-25)26(28,29)27(30,31)32/h10H,5-9,11-14H2,1-4H3,(H,34,43)(H,35,44). The molecule has 4 aliphatic rings. The zero-order chi connectivity index (χ0) is 33.6. The van der Waals surface area contributed by atoms with Gasteiger partial charge in [0.2, 0.25) is 17.6 Å². The van der Waals surface area contributed by atoms with Crippen LogP contribution < -0.4 is 26.2 Å². The molecule has 4 heterocycles. The molecule has 250 valence electrons. The highest BCUT2D eigenvalue weighted by molar-refractivity contribution is 5.93. The molecule has 3 aliphatic carbocycles. The minimum absolute atomic E-state index is 0.00410. The lowest BCUT2D eigenvalue weighted by Crippen LogP contribution is -2.81. The number of anilines is 2. The molecule has 3 saturated carbocycles. The van der Waals surface area contributed by atoms with Gasteiger partial charge in [-0.25, -0.2) is 0 Å². The smallest absolute Gasteiger partial charge is 0.362 e. The Hall–Kier alpha value is -4.45. The molecule has 2 amide bonds. The fourth-order valence-electron chi connectivity index (χ4n) is 7.10. The maximum Gasteiger partial charge on any atom is 0.453 e. The maximum atomic E-state index is 14.1. The van der Waals surface area contributed by atoms with E-state index in [0.29, 0.717) is 5.69 Å². The Balaban J connectivity index is 1.27. The average Bonchev–Trinajstić information content (AvgIpc) is 3.53. The highest BCUT2D eigenvalue weighted by Gasteiger charge is 2.84. The number of aromatic amines is 1. The summed E-state index contributed by atoms with van der Waals surface area (Å²) < 4.78 is 71.1. The number of aryl methyl sites for hydroxylation is 1. The van der Waals surface area contributed by atoms with Crippen molar-refractivity contribution in [2.45, 2.75) is 56.8 Å². The van der Waals surface area contributed by atoms with Gasteiger partial charge in [-0.1, -0.05) is 6.92 Å². The number of hydrogen-bond donors (Lipinski definition) is 2. The van der Waals surface area contributed by atoms with Gasteiger partial charge in [-0.3, -0.25) is 29.0 Å². The SMILES string of the molecule is CCc1c(N2CCN(C(=O)c3cn(C)[nH]c3=O)CC2)c(=O)n2nc(N(C)C)nc2n1CC(=O)NC12CC(C(F)(F)C(F)(F)F)(C1)C2. The zero-order valence-electron chi connectivity index (χ0n) is 25.5. The normalized spacial score (nSPS) is 22.9. The van der Waals surface area contributed by atoms with Gasteiger partial charge in [-0.05, 0) is 25.7 Å². The number of halogens is 5. The fourth-order valence-corrected chi connectivity index (χ4v) is 7.10. The van der Waals surface area contributed by atoms with Gasteiger partial charge >= 0.3 is 12.1 Å². The van der Waals surface area contributed by atoms with Crippen LogP contribution in [0.25, 0.3) is 5.78 Å². The molecule has 7 rings (SSSR count). The molecule has 2 bridgehead atoms. The second-order valence-corrected chi connectivity index (χ2v) is 12.6. The highest BCUT2D eigenvalue weighted by Crippen LogP contribution is 2.75. The lowest BCUT2D eigenvalue weighted by Gasteiger charge is -2.72. The van der Waals surface area contributed by atoms with Crippen molar-refractivity contribution in [1.82, 2.24) is 39.2 Å². The topological polar surface area (TPSA) is 146 Å². The van der Waals surface area contributed by atoms with E-state index in [1.807, 2.05) is 0 Å². The van der Waals surface area contributed by atoms with Crippen LogP contribution in [0.1, 0.15) is 42.2 Å². The predicted octanol–water partition coefficient (Wildman–Crippen LogP) is 0.745. The van der Waals surface area contributed by atoms with Crippen molar-refractivity contribution in [3.05, 3.63) is 38.2 Å². The summed E-state index contributed by atoms with van der Waals surface area (Å²) in [4.78, 5) is 61.6. The van der Waals surface area contributed by atoms with Crippen molar-refractivity contribution in [3.8, 4) is 0 Å². The van der Waals surface area contributed by atoms with Gasteiger partial charge in [0, 0.05) is 59.1 Å². The molecule has 3 aromatic heterocycles. The van der Waals surface area contributed by atoms with Crippen molar-refractivity contribution in [1.29, 1.82) is 0 Å². The first-order valence-electron chi connectivity index (χ1n) is 14.7. The van der Waals surface area contributed by atoms with E-state index in [4.69, 9.17) is 0 Å². The number of nitrogens with zero attached hydrogens (tertiary/aromatic N) is 8. The summed E-state index contributed by atoms with van der Waals surface area (Å²) in [6, 6.07) is 0. The quantitative estimate of drug-likeness (QED) is 0.338. The van der Waals surface area contributed by atoms with Crippen molar-refractivity contribution >= 4 is 29.2 Å². The van der Waals surface area contributed by atoms with Gasteiger partial charge in [0.15, 0.2) is 0 Å². The van der Waals surface area contributed by atoms with Crippen LogP contribution in [0.4, 0.5) is 33.6 Å². The molecule has 0 aromatic carbocycles. The minimum Gasteiger partial charge on any atom is -0.362 e. The molecule has 0 radical (unpaired) electrons. The number of amides is 2. The van der Waals surface area contributed by atoms with Gasteiger partial charge in [0.1, 0.15) is 17.8 Å². The molecule has 46 heavy (non-hydrogen) atoms. The van der Waals surface area contributed by atoms with Gasteiger partial charge in [-0.2, -0.15) is 31.5 Å². The maximum absolute atomic E-state index is 14.1. The Kier molecular flexibility index (Phi) is 7.05.